The van der Waals surface area contributed by atoms with Crippen molar-refractivity contribution in [2.75, 3.05) is 13.1 Å². The van der Waals surface area contributed by atoms with Crippen LogP contribution in [0.1, 0.15) is 107 Å². The zero-order valence-electron chi connectivity index (χ0n) is 29.8. The van der Waals surface area contributed by atoms with Gasteiger partial charge in [0, 0.05) is 13.1 Å². The van der Waals surface area contributed by atoms with Crippen molar-refractivity contribution in [1.29, 1.82) is 0 Å². The molecule has 1 heterocycles. The van der Waals surface area contributed by atoms with Crippen LogP contribution in [-0.2, 0) is 28.7 Å². The van der Waals surface area contributed by atoms with Gasteiger partial charge in [0.1, 0.15) is 23.2 Å². The van der Waals surface area contributed by atoms with E-state index in [-0.39, 0.29) is 30.2 Å². The van der Waals surface area contributed by atoms with Crippen LogP contribution in [0.5, 0.6) is 0 Å². The number of fused-ring (bicyclic) bond motifs is 1. The second kappa shape index (κ2) is 14.4. The van der Waals surface area contributed by atoms with E-state index in [0.717, 1.165) is 19.3 Å². The van der Waals surface area contributed by atoms with Crippen LogP contribution in [0.4, 0.5) is 4.79 Å². The number of rotatable bonds is 12. The van der Waals surface area contributed by atoms with E-state index in [0.29, 0.717) is 25.8 Å². The quantitative estimate of drug-likeness (QED) is 0.142. The van der Waals surface area contributed by atoms with Gasteiger partial charge in [-0.3, -0.25) is 19.2 Å². The molecule has 264 valence electrons. The molecule has 0 radical (unpaired) electrons. The van der Waals surface area contributed by atoms with Gasteiger partial charge in [-0.05, 0) is 62.7 Å². The lowest BCUT2D eigenvalue weighted by atomic mass is 9.81. The molecule has 12 heteroatoms. The Labute approximate surface area is 279 Å². The number of hydrogen-bond donors (Lipinski definition) is 4. The van der Waals surface area contributed by atoms with E-state index in [4.69, 9.17) is 4.74 Å². The normalized spacial score (nSPS) is 24.1. The summed E-state index contributed by atoms with van der Waals surface area (Å²) in [4.78, 5) is 82.2. The molecule has 0 aromatic heterocycles. The number of Topliss-reactive ketones (excluding diaryl/α,β-unsaturated/α-hetero) is 1. The van der Waals surface area contributed by atoms with Crippen LogP contribution in [0.25, 0.3) is 0 Å². The molecule has 4 N–H and O–H groups in total. The van der Waals surface area contributed by atoms with Crippen molar-refractivity contribution in [2.24, 2.45) is 22.7 Å². The highest BCUT2D eigenvalue weighted by atomic mass is 16.6. The molecule has 12 nitrogen and oxygen atoms in total. The zero-order chi connectivity index (χ0) is 35.5. The van der Waals surface area contributed by atoms with E-state index in [1.165, 1.54) is 11.0 Å². The minimum atomic E-state index is -1.21. The summed E-state index contributed by atoms with van der Waals surface area (Å²) in [5.41, 5.74) is -2.90. The Balaban J connectivity index is 1.84. The molecule has 0 bridgehead atoms. The summed E-state index contributed by atoms with van der Waals surface area (Å²) in [6.45, 7) is 20.8. The fourth-order valence-electron chi connectivity index (χ4n) is 7.15. The Morgan fingerprint density at radius 2 is 1.60 bits per heavy atom. The smallest absolute Gasteiger partial charge is 0.332 e. The standard InChI is InChI=1S/C35H57N5O7/c1-11-16-22(25(41)28(43)36-19-12-2)37-27(42)24-23-21(34(23,9)10)20-40(24)29(44)26(32(3,4)5)38-31(46)39-35(17-14-13-15-18-35)30(45)47-33(6,7)8/h12,21-24,26H,2,11,13-20H2,1,3-10H3,(H,36,43)(H,37,42)(H2,38,39,46)/t21-,22?,23-,24-,26+/m0/s1. The molecule has 1 unspecified atom stereocenters. The molecule has 1 saturated heterocycles. The summed E-state index contributed by atoms with van der Waals surface area (Å²) >= 11 is 0. The maximum Gasteiger partial charge on any atom is 0.332 e. The van der Waals surface area contributed by atoms with Gasteiger partial charge in [-0.1, -0.05) is 73.3 Å². The lowest BCUT2D eigenvalue weighted by molar-refractivity contribution is -0.164. The van der Waals surface area contributed by atoms with Crippen LogP contribution in [-0.4, -0.2) is 82.8 Å². The van der Waals surface area contributed by atoms with Gasteiger partial charge < -0.3 is 30.9 Å². The molecule has 2 saturated carbocycles. The van der Waals surface area contributed by atoms with Gasteiger partial charge in [-0.15, -0.1) is 6.58 Å². The summed E-state index contributed by atoms with van der Waals surface area (Å²) in [6, 6.07) is -3.62. The number of piperidine rings is 1. The van der Waals surface area contributed by atoms with Crippen molar-refractivity contribution in [3.05, 3.63) is 12.7 Å². The van der Waals surface area contributed by atoms with Crippen molar-refractivity contribution in [3.8, 4) is 0 Å². The van der Waals surface area contributed by atoms with Gasteiger partial charge in [0.25, 0.3) is 5.91 Å². The lowest BCUT2D eigenvalue weighted by Crippen LogP contribution is -2.64. The van der Waals surface area contributed by atoms with E-state index >= 15 is 0 Å². The second-order valence-corrected chi connectivity index (χ2v) is 16.1. The largest absolute Gasteiger partial charge is 0.458 e. The highest BCUT2D eigenvalue weighted by Gasteiger charge is 2.70. The van der Waals surface area contributed by atoms with Gasteiger partial charge >= 0.3 is 12.0 Å². The van der Waals surface area contributed by atoms with Gasteiger partial charge in [0.15, 0.2) is 0 Å². The number of amides is 5. The Bertz CT molecular complexity index is 1240. The number of nitrogens with zero attached hydrogens (tertiary/aromatic N) is 1. The monoisotopic (exact) mass is 659 g/mol. The first-order chi connectivity index (χ1) is 21.7. The third-order valence-electron chi connectivity index (χ3n) is 9.84. The SMILES string of the molecule is C=CCNC(=O)C(=O)C(CCC)NC(=O)[C@@H]1[C@@H]2[C@H](CN1C(=O)[C@@H](NC(=O)NC1(C(=O)OC(C)(C)C)CCCCC1)C(C)(C)C)C2(C)C. The number of ether oxygens (including phenoxy) is 1. The molecule has 2 aliphatic carbocycles. The van der Waals surface area contributed by atoms with Crippen molar-refractivity contribution < 1.29 is 33.5 Å². The maximum atomic E-state index is 14.4. The number of carbonyl (C=O) groups is 6. The van der Waals surface area contributed by atoms with Gasteiger partial charge in [-0.2, -0.15) is 0 Å². The lowest BCUT2D eigenvalue weighted by Gasteiger charge is -2.40. The Morgan fingerprint density at radius 3 is 2.13 bits per heavy atom. The molecule has 0 aromatic rings. The van der Waals surface area contributed by atoms with Crippen LogP contribution in [0.2, 0.25) is 0 Å². The van der Waals surface area contributed by atoms with E-state index in [2.05, 4.69) is 41.7 Å². The molecular formula is C35H57N5O7. The molecule has 0 spiro atoms. The predicted octanol–water partition coefficient (Wildman–Crippen LogP) is 3.38. The molecule has 3 rings (SSSR count). The number of nitrogens with one attached hydrogen (secondary N) is 4. The van der Waals surface area contributed by atoms with Crippen molar-refractivity contribution in [3.63, 3.8) is 0 Å². The Kier molecular flexibility index (Phi) is 11.6. The highest BCUT2D eigenvalue weighted by molar-refractivity contribution is 6.38. The number of ketones is 1. The maximum absolute atomic E-state index is 14.4. The van der Waals surface area contributed by atoms with Crippen LogP contribution >= 0.6 is 0 Å². The van der Waals surface area contributed by atoms with Crippen LogP contribution < -0.4 is 21.3 Å². The highest BCUT2D eigenvalue weighted by Crippen LogP contribution is 2.65. The summed E-state index contributed by atoms with van der Waals surface area (Å²) in [6.07, 6.45) is 5.57. The van der Waals surface area contributed by atoms with Crippen molar-refractivity contribution in [1.82, 2.24) is 26.2 Å². The average Bonchev–Trinajstić information content (AvgIpc) is 3.27. The molecule has 3 aliphatic rings. The van der Waals surface area contributed by atoms with Crippen molar-refractivity contribution >= 4 is 35.5 Å². The molecule has 0 aromatic carbocycles. The van der Waals surface area contributed by atoms with Gasteiger partial charge in [-0.25, -0.2) is 9.59 Å². The third kappa shape index (κ3) is 8.73. The molecule has 3 fully saturated rings. The predicted molar refractivity (Wildman–Crippen MR) is 178 cm³/mol. The Hall–Kier alpha value is -3.44. The number of likely N-dealkylation sites (tertiary alicyclic amines) is 1. The van der Waals surface area contributed by atoms with Crippen LogP contribution in [0, 0.1) is 22.7 Å². The van der Waals surface area contributed by atoms with E-state index in [1.807, 2.05) is 27.7 Å². The summed E-state index contributed by atoms with van der Waals surface area (Å²) in [5.74, 6) is -3.06. The number of carbonyl (C=O) groups excluding carboxylic acids is 6. The van der Waals surface area contributed by atoms with Gasteiger partial charge in [0.05, 0.1) is 6.04 Å². The second-order valence-electron chi connectivity index (χ2n) is 16.1. The molecule has 5 atom stereocenters. The number of urea groups is 1. The first-order valence-corrected chi connectivity index (χ1v) is 17.1. The average molecular weight is 660 g/mol. The van der Waals surface area contributed by atoms with Gasteiger partial charge in [0.2, 0.25) is 17.6 Å². The fraction of sp³-hybridized carbons (Fsp3) is 0.771. The zero-order valence-corrected chi connectivity index (χ0v) is 29.8. The topological polar surface area (TPSA) is 163 Å². The number of esters is 1. The summed E-state index contributed by atoms with van der Waals surface area (Å²) < 4.78 is 5.70. The molecule has 1 aliphatic heterocycles. The number of hydrogen-bond acceptors (Lipinski definition) is 7. The molecule has 47 heavy (non-hydrogen) atoms. The van der Waals surface area contributed by atoms with E-state index < -0.39 is 70.2 Å². The van der Waals surface area contributed by atoms with E-state index in [1.54, 1.807) is 20.8 Å². The van der Waals surface area contributed by atoms with Crippen molar-refractivity contribution in [2.45, 2.75) is 137 Å². The fourth-order valence-corrected chi connectivity index (χ4v) is 7.15. The molecule has 5 amide bonds. The summed E-state index contributed by atoms with van der Waals surface area (Å²) in [5, 5.41) is 11.0. The third-order valence-corrected chi connectivity index (χ3v) is 9.84. The minimum absolute atomic E-state index is 0.0607. The minimum Gasteiger partial charge on any atom is -0.458 e. The summed E-state index contributed by atoms with van der Waals surface area (Å²) in [7, 11) is 0. The van der Waals surface area contributed by atoms with E-state index in [9.17, 15) is 28.8 Å². The van der Waals surface area contributed by atoms with Crippen LogP contribution in [0.3, 0.4) is 0 Å². The van der Waals surface area contributed by atoms with Crippen LogP contribution in [0.15, 0.2) is 12.7 Å². The Morgan fingerprint density at radius 1 is 0.979 bits per heavy atom. The first-order valence-electron chi connectivity index (χ1n) is 17.1. The molecular weight excluding hydrogens is 602 g/mol. The first kappa shape index (κ1) is 38.0.